The lowest BCUT2D eigenvalue weighted by Gasteiger charge is -2.39. The van der Waals surface area contributed by atoms with E-state index in [1.54, 1.807) is 11.1 Å². The van der Waals surface area contributed by atoms with Gasteiger partial charge in [0.2, 0.25) is 5.91 Å². The fraction of sp³-hybridized carbons (Fsp3) is 0.765. The van der Waals surface area contributed by atoms with E-state index in [-0.39, 0.29) is 36.9 Å². The van der Waals surface area contributed by atoms with E-state index in [4.69, 9.17) is 0 Å². The van der Waals surface area contributed by atoms with Crippen molar-refractivity contribution in [3.63, 3.8) is 0 Å². The van der Waals surface area contributed by atoms with Crippen molar-refractivity contribution >= 4 is 5.91 Å². The average Bonchev–Trinajstić information content (AvgIpc) is 3.07. The Kier molecular flexibility index (Phi) is 4.27. The van der Waals surface area contributed by atoms with Gasteiger partial charge in [-0.3, -0.25) is 14.4 Å². The summed E-state index contributed by atoms with van der Waals surface area (Å²) in [4.78, 5) is 16.6. The summed E-state index contributed by atoms with van der Waals surface area (Å²) < 4.78 is 28.9. The van der Waals surface area contributed by atoms with Crippen molar-refractivity contribution in [3.8, 4) is 0 Å². The molecule has 3 aliphatic rings. The Hall–Kier alpha value is -1.54. The third-order valence-electron chi connectivity index (χ3n) is 5.71. The second-order valence-corrected chi connectivity index (χ2v) is 7.62. The first kappa shape index (κ1) is 16.9. The van der Waals surface area contributed by atoms with Gasteiger partial charge in [-0.05, 0) is 25.3 Å². The number of fused-ring (bicyclic) bond motifs is 1. The van der Waals surface area contributed by atoms with Crippen molar-refractivity contribution in [3.05, 3.63) is 18.0 Å². The van der Waals surface area contributed by atoms with Crippen LogP contribution in [0.3, 0.4) is 0 Å². The molecule has 1 saturated heterocycles. The third kappa shape index (κ3) is 3.42. The number of halogens is 2. The summed E-state index contributed by atoms with van der Waals surface area (Å²) in [7, 11) is 0. The number of aliphatic hydroxyl groups excluding tert-OH is 1. The Balaban J connectivity index is 1.50. The summed E-state index contributed by atoms with van der Waals surface area (Å²) in [6.45, 7) is 1.77. The highest BCUT2D eigenvalue weighted by Crippen LogP contribution is 2.33. The Bertz CT molecular complexity index is 644. The number of carbonyl (C=O) groups is 1. The van der Waals surface area contributed by atoms with Crippen LogP contribution < -0.4 is 0 Å². The molecule has 0 bridgehead atoms. The van der Waals surface area contributed by atoms with Crippen molar-refractivity contribution in [1.82, 2.24) is 19.6 Å². The minimum Gasteiger partial charge on any atom is -0.393 e. The molecule has 8 heteroatoms. The minimum absolute atomic E-state index is 0.0379. The van der Waals surface area contributed by atoms with Crippen LogP contribution in [0.5, 0.6) is 0 Å². The molecule has 138 valence electrons. The lowest BCUT2D eigenvalue weighted by atomic mass is 9.81. The fourth-order valence-corrected chi connectivity index (χ4v) is 4.16. The Morgan fingerprint density at radius 1 is 1.36 bits per heavy atom. The maximum Gasteiger partial charge on any atom is 0.261 e. The van der Waals surface area contributed by atoms with Crippen LogP contribution >= 0.6 is 0 Å². The number of aryl methyl sites for hydroxylation is 1. The van der Waals surface area contributed by atoms with Crippen molar-refractivity contribution in [2.75, 3.05) is 19.6 Å². The molecule has 25 heavy (non-hydrogen) atoms. The molecule has 2 fully saturated rings. The van der Waals surface area contributed by atoms with E-state index in [9.17, 15) is 18.7 Å². The normalized spacial score (nSPS) is 32.1. The quantitative estimate of drug-likeness (QED) is 0.883. The highest BCUT2D eigenvalue weighted by molar-refractivity contribution is 5.80. The number of likely N-dealkylation sites (tertiary alicyclic amines) is 1. The highest BCUT2D eigenvalue weighted by Gasteiger charge is 2.42. The Morgan fingerprint density at radius 3 is 2.84 bits per heavy atom. The first-order valence-corrected chi connectivity index (χ1v) is 9.01. The van der Waals surface area contributed by atoms with Gasteiger partial charge >= 0.3 is 0 Å². The lowest BCUT2D eigenvalue weighted by Crippen LogP contribution is -2.50. The van der Waals surface area contributed by atoms with E-state index in [0.717, 1.165) is 5.69 Å². The van der Waals surface area contributed by atoms with Gasteiger partial charge in [0.1, 0.15) is 0 Å². The molecule has 0 unspecified atom stereocenters. The van der Waals surface area contributed by atoms with Crippen LogP contribution in [0.1, 0.15) is 31.4 Å². The molecule has 3 heterocycles. The zero-order valence-corrected chi connectivity index (χ0v) is 14.2. The van der Waals surface area contributed by atoms with Gasteiger partial charge in [-0.15, -0.1) is 0 Å². The number of hydrogen-bond acceptors (Lipinski definition) is 4. The zero-order valence-electron chi connectivity index (χ0n) is 14.2. The van der Waals surface area contributed by atoms with E-state index in [2.05, 4.69) is 5.10 Å². The molecule has 1 amide bonds. The van der Waals surface area contributed by atoms with Gasteiger partial charge in [-0.2, -0.15) is 5.10 Å². The number of carbonyl (C=O) groups excluding carboxylic acids is 1. The van der Waals surface area contributed by atoms with Gasteiger partial charge in [0, 0.05) is 44.2 Å². The van der Waals surface area contributed by atoms with Crippen LogP contribution in [0.15, 0.2) is 12.3 Å². The van der Waals surface area contributed by atoms with Gasteiger partial charge in [0.25, 0.3) is 5.92 Å². The smallest absolute Gasteiger partial charge is 0.261 e. The highest BCUT2D eigenvalue weighted by atomic mass is 19.3. The largest absolute Gasteiger partial charge is 0.393 e. The van der Waals surface area contributed by atoms with E-state index >= 15 is 0 Å². The van der Waals surface area contributed by atoms with E-state index in [1.165, 1.54) is 0 Å². The van der Waals surface area contributed by atoms with E-state index in [0.29, 0.717) is 45.4 Å². The molecule has 4 rings (SSSR count). The fourth-order valence-electron chi connectivity index (χ4n) is 4.16. The molecule has 2 aliphatic heterocycles. The average molecular weight is 354 g/mol. The van der Waals surface area contributed by atoms with Crippen molar-refractivity contribution < 1.29 is 18.7 Å². The maximum absolute atomic E-state index is 13.5. The molecule has 0 aromatic carbocycles. The third-order valence-corrected chi connectivity index (χ3v) is 5.71. The summed E-state index contributed by atoms with van der Waals surface area (Å²) >= 11 is 0. The standard InChI is InChI=1S/C17H24F2N4O2/c18-17(19)3-6-21(11-17)9-13-2-5-23-14(1-4-20-23)10-22(13)16(25)12-7-15(24)8-12/h1,4,12-13,15,24H,2-3,5-11H2/t12?,13-,15?/m0/s1. The van der Waals surface area contributed by atoms with Crippen LogP contribution in [0.2, 0.25) is 0 Å². The van der Waals surface area contributed by atoms with Gasteiger partial charge in [0.15, 0.2) is 0 Å². The number of nitrogens with zero attached hydrogens (tertiary/aromatic N) is 4. The summed E-state index contributed by atoms with van der Waals surface area (Å²) in [6, 6.07) is 1.81. The molecule has 1 aromatic rings. The summed E-state index contributed by atoms with van der Waals surface area (Å²) in [5.41, 5.74) is 0.975. The predicted octanol–water partition coefficient (Wildman–Crippen LogP) is 1.10. The lowest BCUT2D eigenvalue weighted by molar-refractivity contribution is -0.146. The van der Waals surface area contributed by atoms with Gasteiger partial charge < -0.3 is 10.0 Å². The molecular formula is C17H24F2N4O2. The zero-order chi connectivity index (χ0) is 17.6. The molecule has 1 saturated carbocycles. The van der Waals surface area contributed by atoms with E-state index in [1.807, 2.05) is 15.6 Å². The van der Waals surface area contributed by atoms with Crippen molar-refractivity contribution in [2.45, 2.75) is 56.8 Å². The maximum atomic E-state index is 13.5. The number of aromatic nitrogens is 2. The van der Waals surface area contributed by atoms with Crippen LogP contribution in [0.25, 0.3) is 0 Å². The second kappa shape index (κ2) is 6.32. The number of rotatable bonds is 3. The molecule has 0 spiro atoms. The summed E-state index contributed by atoms with van der Waals surface area (Å²) in [5.74, 6) is -2.73. The van der Waals surface area contributed by atoms with Crippen LogP contribution in [-0.4, -0.2) is 68.3 Å². The number of aliphatic hydroxyl groups is 1. The molecule has 1 aliphatic carbocycles. The minimum atomic E-state index is -2.62. The SMILES string of the molecule is O=C(C1CC(O)C1)N1Cc2ccnn2CC[C@H]1CN1CCC(F)(F)C1. The number of alkyl halides is 2. The molecule has 1 atom stereocenters. The molecule has 0 radical (unpaired) electrons. The summed E-state index contributed by atoms with van der Waals surface area (Å²) in [5, 5.41) is 13.8. The first-order chi connectivity index (χ1) is 11.9. The Morgan fingerprint density at radius 2 is 2.16 bits per heavy atom. The second-order valence-electron chi connectivity index (χ2n) is 7.62. The molecule has 6 nitrogen and oxygen atoms in total. The van der Waals surface area contributed by atoms with E-state index < -0.39 is 5.92 Å². The molecule has 1 aromatic heterocycles. The topological polar surface area (TPSA) is 61.6 Å². The van der Waals surface area contributed by atoms with Gasteiger partial charge in [-0.25, -0.2) is 8.78 Å². The van der Waals surface area contributed by atoms with Gasteiger partial charge in [0.05, 0.1) is 24.9 Å². The van der Waals surface area contributed by atoms with Crippen molar-refractivity contribution in [2.24, 2.45) is 5.92 Å². The first-order valence-electron chi connectivity index (χ1n) is 9.01. The molecule has 1 N–H and O–H groups in total. The van der Waals surface area contributed by atoms with Crippen LogP contribution in [-0.2, 0) is 17.9 Å². The van der Waals surface area contributed by atoms with Crippen LogP contribution in [0.4, 0.5) is 8.78 Å². The summed E-state index contributed by atoms with van der Waals surface area (Å²) in [6.07, 6.45) is 2.95. The Labute approximate surface area is 145 Å². The molecular weight excluding hydrogens is 330 g/mol. The number of hydrogen-bond donors (Lipinski definition) is 1. The van der Waals surface area contributed by atoms with Crippen molar-refractivity contribution in [1.29, 1.82) is 0 Å². The van der Waals surface area contributed by atoms with Crippen LogP contribution in [0, 0.1) is 5.92 Å². The number of amides is 1. The monoisotopic (exact) mass is 354 g/mol. The predicted molar refractivity (Wildman–Crippen MR) is 85.9 cm³/mol. The van der Waals surface area contributed by atoms with Gasteiger partial charge in [-0.1, -0.05) is 0 Å².